The van der Waals surface area contributed by atoms with Crippen LogP contribution in [0.4, 0.5) is 5.13 Å². The summed E-state index contributed by atoms with van der Waals surface area (Å²) >= 11 is 1.28. The summed E-state index contributed by atoms with van der Waals surface area (Å²) in [5.41, 5.74) is 1.68. The molecule has 0 N–H and O–H groups in total. The summed E-state index contributed by atoms with van der Waals surface area (Å²) in [6.45, 7) is 9.99. The van der Waals surface area contributed by atoms with E-state index in [0.29, 0.717) is 23.0 Å². The molecule has 1 aromatic heterocycles. The second kappa shape index (κ2) is 13.4. The van der Waals surface area contributed by atoms with Crippen molar-refractivity contribution >= 4 is 48.8 Å². The first-order valence-corrected chi connectivity index (χ1v) is 14.9. The van der Waals surface area contributed by atoms with Crippen LogP contribution in [-0.4, -0.2) is 56.6 Å². The molecule has 11 heteroatoms. The highest BCUT2D eigenvalue weighted by Gasteiger charge is 2.25. The fourth-order valence-corrected chi connectivity index (χ4v) is 6.17. The molecule has 0 radical (unpaired) electrons. The molecular formula is C30H30N4O5S2. The highest BCUT2D eigenvalue weighted by molar-refractivity contribution is 7.89. The molecule has 41 heavy (non-hydrogen) atoms. The monoisotopic (exact) mass is 590 g/mol. The van der Waals surface area contributed by atoms with Gasteiger partial charge in [-0.15, -0.1) is 13.2 Å². The van der Waals surface area contributed by atoms with E-state index >= 15 is 0 Å². The van der Waals surface area contributed by atoms with Gasteiger partial charge in [-0.3, -0.25) is 4.79 Å². The lowest BCUT2D eigenvalue weighted by atomic mass is 10.2. The van der Waals surface area contributed by atoms with Crippen molar-refractivity contribution in [2.45, 2.75) is 11.8 Å². The molecule has 4 aromatic rings. The summed E-state index contributed by atoms with van der Waals surface area (Å²) in [6.07, 6.45) is 4.57. The molecule has 0 saturated heterocycles. The van der Waals surface area contributed by atoms with Crippen LogP contribution in [0.3, 0.4) is 0 Å². The molecule has 0 fully saturated rings. The predicted molar refractivity (Wildman–Crippen MR) is 164 cm³/mol. The van der Waals surface area contributed by atoms with Crippen LogP contribution >= 0.6 is 11.3 Å². The minimum absolute atomic E-state index is 0.0503. The van der Waals surface area contributed by atoms with E-state index in [4.69, 9.17) is 9.47 Å². The Balaban J connectivity index is 1.69. The molecule has 0 spiro atoms. The van der Waals surface area contributed by atoms with Gasteiger partial charge >= 0.3 is 0 Å². The van der Waals surface area contributed by atoms with Crippen molar-refractivity contribution in [2.75, 3.05) is 31.8 Å². The number of hydrazone groups is 1. The van der Waals surface area contributed by atoms with Crippen LogP contribution in [-0.2, 0) is 10.0 Å². The van der Waals surface area contributed by atoms with Gasteiger partial charge in [0, 0.05) is 18.7 Å². The predicted octanol–water partition coefficient (Wildman–Crippen LogP) is 5.75. The van der Waals surface area contributed by atoms with Crippen LogP contribution in [0.15, 0.2) is 102 Å². The molecule has 0 unspecified atom stereocenters. The van der Waals surface area contributed by atoms with E-state index in [9.17, 15) is 13.2 Å². The summed E-state index contributed by atoms with van der Waals surface area (Å²) in [7, 11) is -2.23. The second-order valence-electron chi connectivity index (χ2n) is 8.62. The molecule has 1 amide bonds. The van der Waals surface area contributed by atoms with Crippen molar-refractivity contribution < 1.29 is 22.7 Å². The quantitative estimate of drug-likeness (QED) is 0.112. The van der Waals surface area contributed by atoms with Gasteiger partial charge in [0.2, 0.25) is 15.2 Å². The zero-order chi connectivity index (χ0) is 29.4. The average molecular weight is 591 g/mol. The van der Waals surface area contributed by atoms with Gasteiger partial charge in [0.15, 0.2) is 0 Å². The number of hydrogen-bond acceptors (Lipinski definition) is 8. The Morgan fingerprint density at radius 2 is 1.66 bits per heavy atom. The van der Waals surface area contributed by atoms with E-state index in [1.165, 1.54) is 57.1 Å². The maximum atomic E-state index is 13.8. The van der Waals surface area contributed by atoms with Gasteiger partial charge in [-0.1, -0.05) is 23.5 Å². The summed E-state index contributed by atoms with van der Waals surface area (Å²) in [5, 5.41) is 6.04. The number of nitrogens with zero attached hydrogens (tertiary/aromatic N) is 4. The van der Waals surface area contributed by atoms with Gasteiger partial charge in [0.1, 0.15) is 11.5 Å². The number of amides is 1. The van der Waals surface area contributed by atoms with Crippen LogP contribution in [0.5, 0.6) is 11.5 Å². The number of carbonyl (C=O) groups is 1. The summed E-state index contributed by atoms with van der Waals surface area (Å²) in [4.78, 5) is 18.4. The van der Waals surface area contributed by atoms with E-state index in [2.05, 4.69) is 23.2 Å². The van der Waals surface area contributed by atoms with E-state index in [0.717, 1.165) is 16.0 Å². The first-order valence-electron chi connectivity index (χ1n) is 12.7. The van der Waals surface area contributed by atoms with Gasteiger partial charge in [0.25, 0.3) is 5.91 Å². The smallest absolute Gasteiger partial charge is 0.280 e. The second-order valence-corrected chi connectivity index (χ2v) is 11.6. The highest BCUT2D eigenvalue weighted by Crippen LogP contribution is 2.32. The van der Waals surface area contributed by atoms with E-state index in [1.54, 1.807) is 19.4 Å². The fourth-order valence-electron chi connectivity index (χ4n) is 3.84. The normalized spacial score (nSPS) is 11.6. The molecule has 0 aliphatic carbocycles. The molecule has 0 atom stereocenters. The zero-order valence-corrected chi connectivity index (χ0v) is 24.4. The molecular weight excluding hydrogens is 560 g/mol. The lowest BCUT2D eigenvalue weighted by Gasteiger charge is -2.19. The van der Waals surface area contributed by atoms with Crippen molar-refractivity contribution in [3.63, 3.8) is 0 Å². The first kappa shape index (κ1) is 29.7. The third kappa shape index (κ3) is 6.88. The van der Waals surface area contributed by atoms with E-state index in [-0.39, 0.29) is 23.5 Å². The summed E-state index contributed by atoms with van der Waals surface area (Å²) < 4.78 is 39.1. The molecule has 9 nitrogen and oxygen atoms in total. The van der Waals surface area contributed by atoms with Crippen LogP contribution in [0.1, 0.15) is 22.8 Å². The van der Waals surface area contributed by atoms with Gasteiger partial charge < -0.3 is 9.47 Å². The standard InChI is InChI=1S/C30H30N4O5S2/c1-5-18-33(19-6-2)41(36,37)26-15-10-23(11-16-26)29(35)34(31-21-22-8-12-24(13-9-22)39-7-3)30-32-27-17-14-25(38-4)20-28(27)40-30/h5-6,8-17,20-21H,1-2,7,18-19H2,3-4H3/b31-21+. The maximum absolute atomic E-state index is 13.8. The Morgan fingerprint density at radius 3 is 2.27 bits per heavy atom. The number of anilines is 1. The maximum Gasteiger partial charge on any atom is 0.280 e. The van der Waals surface area contributed by atoms with Crippen LogP contribution < -0.4 is 14.5 Å². The Labute approximate surface area is 243 Å². The van der Waals surface area contributed by atoms with Gasteiger partial charge in [-0.05, 0) is 79.2 Å². The number of fused-ring (bicyclic) bond motifs is 1. The molecule has 212 valence electrons. The SMILES string of the molecule is C=CCN(CC=C)S(=O)(=O)c1ccc(C(=O)N(/N=C/c2ccc(OCC)cc2)c2nc3ccc(OC)cc3s2)cc1. The fraction of sp³-hybridized carbons (Fsp3) is 0.167. The number of benzene rings is 3. The first-order chi connectivity index (χ1) is 19.8. The number of ether oxygens (including phenoxy) is 2. The molecule has 0 aliphatic heterocycles. The molecule has 0 bridgehead atoms. The van der Waals surface area contributed by atoms with Crippen LogP contribution in [0, 0.1) is 0 Å². The average Bonchev–Trinajstić information content (AvgIpc) is 3.41. The lowest BCUT2D eigenvalue weighted by Crippen LogP contribution is -2.31. The van der Waals surface area contributed by atoms with Gasteiger partial charge in [0.05, 0.1) is 35.0 Å². The highest BCUT2D eigenvalue weighted by atomic mass is 32.2. The minimum Gasteiger partial charge on any atom is -0.497 e. The van der Waals surface area contributed by atoms with E-state index < -0.39 is 15.9 Å². The van der Waals surface area contributed by atoms with Gasteiger partial charge in [-0.2, -0.15) is 14.4 Å². The van der Waals surface area contributed by atoms with Crippen molar-refractivity contribution in [3.05, 3.63) is 103 Å². The Kier molecular flexibility index (Phi) is 9.66. The number of rotatable bonds is 13. The minimum atomic E-state index is -3.81. The third-order valence-corrected chi connectivity index (χ3v) is 8.72. The Hall–Kier alpha value is -4.32. The number of carbonyl (C=O) groups excluding carboxylic acids is 1. The van der Waals surface area contributed by atoms with Crippen molar-refractivity contribution in [1.29, 1.82) is 0 Å². The molecule has 3 aromatic carbocycles. The molecule has 0 saturated carbocycles. The number of aromatic nitrogens is 1. The number of sulfonamides is 1. The largest absolute Gasteiger partial charge is 0.497 e. The van der Waals surface area contributed by atoms with Gasteiger partial charge in [-0.25, -0.2) is 13.4 Å². The molecule has 1 heterocycles. The zero-order valence-electron chi connectivity index (χ0n) is 22.8. The van der Waals surface area contributed by atoms with Crippen LogP contribution in [0.2, 0.25) is 0 Å². The van der Waals surface area contributed by atoms with Crippen molar-refractivity contribution in [2.24, 2.45) is 5.10 Å². The van der Waals surface area contributed by atoms with E-state index in [1.807, 2.05) is 43.3 Å². The topological polar surface area (TPSA) is 101 Å². The Bertz CT molecular complexity index is 1650. The number of thiazole rings is 1. The summed E-state index contributed by atoms with van der Waals surface area (Å²) in [6, 6.07) is 18.5. The third-order valence-electron chi connectivity index (χ3n) is 5.88. The van der Waals surface area contributed by atoms with Crippen molar-refractivity contribution in [1.82, 2.24) is 9.29 Å². The van der Waals surface area contributed by atoms with Crippen molar-refractivity contribution in [3.8, 4) is 11.5 Å². The molecule has 4 rings (SSSR count). The number of methoxy groups -OCH3 is 1. The summed E-state index contributed by atoms with van der Waals surface area (Å²) in [5.74, 6) is 0.922. The molecule has 0 aliphatic rings. The van der Waals surface area contributed by atoms with Crippen LogP contribution in [0.25, 0.3) is 10.2 Å². The number of hydrogen-bond donors (Lipinski definition) is 0. The lowest BCUT2D eigenvalue weighted by molar-refractivity contribution is 0.0987. The Morgan fingerprint density at radius 1 is 1.00 bits per heavy atom.